The number of carbonyl (C=O) groups excluding carboxylic acids is 1. The zero-order chi connectivity index (χ0) is 25.7. The Hall–Kier alpha value is -4.11. The van der Waals surface area contributed by atoms with E-state index in [1.165, 1.54) is 22.9 Å². The van der Waals surface area contributed by atoms with Gasteiger partial charge in [0, 0.05) is 30.4 Å². The average molecular weight is 493 g/mol. The van der Waals surface area contributed by atoms with Gasteiger partial charge in [-0.1, -0.05) is 12.1 Å². The van der Waals surface area contributed by atoms with Crippen LogP contribution in [0.4, 0.5) is 8.78 Å². The molecule has 4 rings (SSSR count). The van der Waals surface area contributed by atoms with Gasteiger partial charge in [-0.25, -0.2) is 8.78 Å². The summed E-state index contributed by atoms with van der Waals surface area (Å²) < 4.78 is 33.9. The molecule has 1 atom stereocenters. The number of nitrogens with two attached hydrogens (primary N) is 1. The molecule has 0 aliphatic heterocycles. The van der Waals surface area contributed by atoms with E-state index in [1.807, 2.05) is 25.1 Å². The SMILES string of the molecule is CC(N)CCOc1ccnc2ccc(CNC(=O)c3cccn(Cc4ccc(F)c(F)c4)c3=O)cc12. The number of pyridine rings is 2. The molecule has 2 aromatic heterocycles. The van der Waals surface area contributed by atoms with Gasteiger partial charge in [0.15, 0.2) is 11.6 Å². The van der Waals surface area contributed by atoms with Crippen LogP contribution in [0.15, 0.2) is 71.8 Å². The standard InChI is InChI=1S/C27H26F2N4O3/c1-17(30)9-12-36-25-8-10-31-24-7-5-18(13-21(24)25)15-32-26(34)20-3-2-11-33(27(20)35)16-19-4-6-22(28)23(29)14-19/h2-8,10-11,13-14,17H,9,12,15-16,30H2,1H3,(H,32,34). The van der Waals surface area contributed by atoms with Crippen LogP contribution in [-0.2, 0) is 13.1 Å². The van der Waals surface area contributed by atoms with E-state index in [0.29, 0.717) is 24.3 Å². The van der Waals surface area contributed by atoms with Crippen molar-refractivity contribution in [3.63, 3.8) is 0 Å². The molecule has 2 heterocycles. The third-order valence-corrected chi connectivity index (χ3v) is 5.65. The maximum Gasteiger partial charge on any atom is 0.263 e. The smallest absolute Gasteiger partial charge is 0.263 e. The summed E-state index contributed by atoms with van der Waals surface area (Å²) in [6, 6.07) is 13.8. The summed E-state index contributed by atoms with van der Waals surface area (Å²) in [7, 11) is 0. The highest BCUT2D eigenvalue weighted by Gasteiger charge is 2.13. The Morgan fingerprint density at radius 2 is 1.92 bits per heavy atom. The number of fused-ring (bicyclic) bond motifs is 1. The lowest BCUT2D eigenvalue weighted by molar-refractivity contribution is 0.0949. The van der Waals surface area contributed by atoms with Crippen LogP contribution in [0.25, 0.3) is 10.9 Å². The van der Waals surface area contributed by atoms with Crippen molar-refractivity contribution in [1.29, 1.82) is 0 Å². The number of carbonyl (C=O) groups is 1. The van der Waals surface area contributed by atoms with Gasteiger partial charge in [-0.15, -0.1) is 0 Å². The van der Waals surface area contributed by atoms with Crippen LogP contribution < -0.4 is 21.3 Å². The van der Waals surface area contributed by atoms with Crippen molar-refractivity contribution in [3.05, 3.63) is 106 Å². The molecule has 0 spiro atoms. The molecule has 2 aromatic carbocycles. The molecule has 0 fully saturated rings. The van der Waals surface area contributed by atoms with Gasteiger partial charge in [-0.3, -0.25) is 14.6 Å². The number of amides is 1. The Kier molecular flexibility index (Phi) is 7.70. The molecule has 0 aliphatic carbocycles. The molecule has 0 bridgehead atoms. The van der Waals surface area contributed by atoms with Gasteiger partial charge in [0.05, 0.1) is 18.7 Å². The van der Waals surface area contributed by atoms with Crippen molar-refractivity contribution in [2.45, 2.75) is 32.5 Å². The minimum Gasteiger partial charge on any atom is -0.493 e. The maximum atomic E-state index is 13.5. The van der Waals surface area contributed by atoms with Crippen molar-refractivity contribution in [2.24, 2.45) is 5.73 Å². The van der Waals surface area contributed by atoms with Crippen LogP contribution >= 0.6 is 0 Å². The number of rotatable bonds is 9. The van der Waals surface area contributed by atoms with Gasteiger partial charge in [-0.05, 0) is 66.9 Å². The van der Waals surface area contributed by atoms with E-state index in [4.69, 9.17) is 10.5 Å². The predicted octanol–water partition coefficient (Wildman–Crippen LogP) is 3.77. The van der Waals surface area contributed by atoms with Gasteiger partial charge < -0.3 is 20.4 Å². The van der Waals surface area contributed by atoms with E-state index >= 15 is 0 Å². The van der Waals surface area contributed by atoms with Crippen LogP contribution in [-0.4, -0.2) is 28.1 Å². The van der Waals surface area contributed by atoms with E-state index in [1.54, 1.807) is 18.3 Å². The molecule has 9 heteroatoms. The summed E-state index contributed by atoms with van der Waals surface area (Å²) in [5.74, 6) is -1.83. The molecule has 3 N–H and O–H groups in total. The second kappa shape index (κ2) is 11.1. The summed E-state index contributed by atoms with van der Waals surface area (Å²) in [4.78, 5) is 30.0. The predicted molar refractivity (Wildman–Crippen MR) is 133 cm³/mol. The summed E-state index contributed by atoms with van der Waals surface area (Å²) in [5.41, 5.74) is 7.17. The molecule has 0 radical (unpaired) electrons. The summed E-state index contributed by atoms with van der Waals surface area (Å²) >= 11 is 0. The molecule has 7 nitrogen and oxygen atoms in total. The third kappa shape index (κ3) is 5.92. The van der Waals surface area contributed by atoms with Gasteiger partial charge in [0.25, 0.3) is 11.5 Å². The minimum absolute atomic E-state index is 0.000535. The fourth-order valence-electron chi connectivity index (χ4n) is 3.71. The number of halogens is 2. The fraction of sp³-hybridized carbons (Fsp3) is 0.222. The van der Waals surface area contributed by atoms with E-state index < -0.39 is 23.1 Å². The van der Waals surface area contributed by atoms with Gasteiger partial charge in [0.2, 0.25) is 0 Å². The first-order valence-corrected chi connectivity index (χ1v) is 11.5. The first-order valence-electron chi connectivity index (χ1n) is 11.5. The highest BCUT2D eigenvalue weighted by atomic mass is 19.2. The van der Waals surface area contributed by atoms with Crippen LogP contribution in [0.3, 0.4) is 0 Å². The molecular weight excluding hydrogens is 466 g/mol. The van der Waals surface area contributed by atoms with Gasteiger partial charge in [-0.2, -0.15) is 0 Å². The van der Waals surface area contributed by atoms with Crippen LogP contribution in [0.1, 0.15) is 34.8 Å². The van der Waals surface area contributed by atoms with Crippen molar-refractivity contribution in [2.75, 3.05) is 6.61 Å². The normalized spacial score (nSPS) is 11.9. The lowest BCUT2D eigenvalue weighted by Crippen LogP contribution is -2.32. The Morgan fingerprint density at radius 3 is 2.69 bits per heavy atom. The number of hydrogen-bond donors (Lipinski definition) is 2. The number of nitrogens with one attached hydrogen (secondary N) is 1. The monoisotopic (exact) mass is 492 g/mol. The zero-order valence-electron chi connectivity index (χ0n) is 19.7. The maximum absolute atomic E-state index is 13.5. The number of nitrogens with zero attached hydrogens (tertiary/aromatic N) is 2. The average Bonchev–Trinajstić information content (AvgIpc) is 2.86. The molecule has 186 valence electrons. The van der Waals surface area contributed by atoms with Crippen LogP contribution in [0.5, 0.6) is 5.75 Å². The first-order chi connectivity index (χ1) is 17.3. The Morgan fingerprint density at radius 1 is 1.11 bits per heavy atom. The van der Waals surface area contributed by atoms with Crippen molar-refractivity contribution in [3.8, 4) is 5.75 Å². The lowest BCUT2D eigenvalue weighted by Gasteiger charge is -2.12. The summed E-state index contributed by atoms with van der Waals surface area (Å²) in [6.45, 7) is 2.57. The van der Waals surface area contributed by atoms with Gasteiger partial charge in [0.1, 0.15) is 11.3 Å². The summed E-state index contributed by atoms with van der Waals surface area (Å²) in [5, 5.41) is 3.57. The summed E-state index contributed by atoms with van der Waals surface area (Å²) in [6.07, 6.45) is 3.87. The number of ether oxygens (including phenoxy) is 1. The fourth-order valence-corrected chi connectivity index (χ4v) is 3.71. The molecule has 4 aromatic rings. The largest absolute Gasteiger partial charge is 0.493 e. The highest BCUT2D eigenvalue weighted by molar-refractivity contribution is 5.93. The topological polar surface area (TPSA) is 99.2 Å². The number of aromatic nitrogens is 2. The zero-order valence-corrected chi connectivity index (χ0v) is 19.7. The Labute approximate surface area is 206 Å². The minimum atomic E-state index is -0.998. The van der Waals surface area contributed by atoms with Gasteiger partial charge >= 0.3 is 0 Å². The molecular formula is C27H26F2N4O3. The van der Waals surface area contributed by atoms with E-state index in [2.05, 4.69) is 10.3 Å². The first kappa shape index (κ1) is 25.0. The molecule has 0 aliphatic rings. The lowest BCUT2D eigenvalue weighted by atomic mass is 10.1. The van der Waals surface area contributed by atoms with Crippen molar-refractivity contribution < 1.29 is 18.3 Å². The molecule has 36 heavy (non-hydrogen) atoms. The molecule has 0 saturated carbocycles. The van der Waals surface area contributed by atoms with E-state index in [9.17, 15) is 18.4 Å². The second-order valence-electron chi connectivity index (χ2n) is 8.56. The quantitative estimate of drug-likeness (QED) is 0.371. The van der Waals surface area contributed by atoms with Crippen LogP contribution in [0.2, 0.25) is 0 Å². The third-order valence-electron chi connectivity index (χ3n) is 5.65. The molecule has 0 saturated heterocycles. The van der Waals surface area contributed by atoms with Crippen molar-refractivity contribution in [1.82, 2.24) is 14.9 Å². The second-order valence-corrected chi connectivity index (χ2v) is 8.56. The number of benzene rings is 2. The Balaban J connectivity index is 1.47. The van der Waals surface area contributed by atoms with E-state index in [-0.39, 0.29) is 24.7 Å². The number of hydrogen-bond acceptors (Lipinski definition) is 5. The van der Waals surface area contributed by atoms with E-state index in [0.717, 1.165) is 28.6 Å². The molecule has 1 amide bonds. The van der Waals surface area contributed by atoms with Crippen LogP contribution in [0, 0.1) is 11.6 Å². The van der Waals surface area contributed by atoms with Crippen molar-refractivity contribution >= 4 is 16.8 Å². The molecule has 1 unspecified atom stereocenters. The Bertz CT molecular complexity index is 1450. The highest BCUT2D eigenvalue weighted by Crippen LogP contribution is 2.25.